The van der Waals surface area contributed by atoms with Gasteiger partial charge in [-0.2, -0.15) is 0 Å². The fourth-order valence-electron chi connectivity index (χ4n) is 1.07. The Morgan fingerprint density at radius 2 is 1.33 bits per heavy atom. The third kappa shape index (κ3) is 12.4. The second-order valence-electron chi connectivity index (χ2n) is 5.03. The number of hydrogen-bond acceptors (Lipinski definition) is 7. The summed E-state index contributed by atoms with van der Waals surface area (Å²) in [7, 11) is 0. The lowest BCUT2D eigenvalue weighted by atomic mass is 9.93. The molecule has 0 aliphatic carbocycles. The zero-order valence-electron chi connectivity index (χ0n) is 13.3. The molecular formula is C14H24O10. The maximum Gasteiger partial charge on any atom is 0.334 e. The second-order valence-corrected chi connectivity index (χ2v) is 5.03. The summed E-state index contributed by atoms with van der Waals surface area (Å²) in [4.78, 5) is 29.9. The summed E-state index contributed by atoms with van der Waals surface area (Å²) in [5.74, 6) is -3.01. The summed E-state index contributed by atoms with van der Waals surface area (Å²) >= 11 is 0. The van der Waals surface area contributed by atoms with Gasteiger partial charge in [0.15, 0.2) is 0 Å². The quantitative estimate of drug-likeness (QED) is 0.205. The number of carboxylic acids is 3. The van der Waals surface area contributed by atoms with Crippen LogP contribution in [0.15, 0.2) is 11.8 Å². The molecule has 0 radical (unpaired) electrons. The number of ether oxygens (including phenoxy) is 1. The zero-order chi connectivity index (χ0) is 19.2. The SMILES string of the molecule is CC(=COCC(CO)(CO)CO)C(=O)O.O=C(O)CCCC(=O)O. The van der Waals surface area contributed by atoms with Crippen molar-refractivity contribution < 1.29 is 49.8 Å². The fourth-order valence-corrected chi connectivity index (χ4v) is 1.07. The molecule has 10 nitrogen and oxygen atoms in total. The van der Waals surface area contributed by atoms with Gasteiger partial charge in [-0.15, -0.1) is 0 Å². The van der Waals surface area contributed by atoms with Gasteiger partial charge in [0.25, 0.3) is 0 Å². The molecule has 0 aromatic rings. The van der Waals surface area contributed by atoms with E-state index in [1.54, 1.807) is 0 Å². The maximum absolute atomic E-state index is 10.4. The Morgan fingerprint density at radius 1 is 0.917 bits per heavy atom. The van der Waals surface area contributed by atoms with Crippen LogP contribution in [-0.2, 0) is 19.1 Å². The van der Waals surface area contributed by atoms with Gasteiger partial charge in [0.05, 0.1) is 43.7 Å². The number of rotatable bonds is 11. The molecule has 0 aromatic carbocycles. The number of hydrogen-bond donors (Lipinski definition) is 6. The highest BCUT2D eigenvalue weighted by molar-refractivity contribution is 5.85. The van der Waals surface area contributed by atoms with Crippen LogP contribution in [-0.4, -0.2) is 75.0 Å². The fraction of sp³-hybridized carbons (Fsp3) is 0.643. The molecule has 0 spiro atoms. The first-order valence-electron chi connectivity index (χ1n) is 6.92. The van der Waals surface area contributed by atoms with E-state index in [0.717, 1.165) is 6.26 Å². The average molecular weight is 352 g/mol. The lowest BCUT2D eigenvalue weighted by Gasteiger charge is -2.26. The molecule has 140 valence electrons. The van der Waals surface area contributed by atoms with Gasteiger partial charge in [-0.1, -0.05) is 0 Å². The molecule has 0 fully saturated rings. The van der Waals surface area contributed by atoms with E-state index >= 15 is 0 Å². The molecule has 0 bridgehead atoms. The van der Waals surface area contributed by atoms with Crippen LogP contribution >= 0.6 is 0 Å². The Bertz CT molecular complexity index is 403. The van der Waals surface area contributed by atoms with Crippen molar-refractivity contribution in [3.05, 3.63) is 11.8 Å². The Balaban J connectivity index is 0. The van der Waals surface area contributed by atoms with Crippen molar-refractivity contribution in [2.24, 2.45) is 5.41 Å². The van der Waals surface area contributed by atoms with Gasteiger partial charge in [0, 0.05) is 12.8 Å². The van der Waals surface area contributed by atoms with E-state index in [1.807, 2.05) is 0 Å². The third-order valence-corrected chi connectivity index (χ3v) is 2.77. The van der Waals surface area contributed by atoms with E-state index in [1.165, 1.54) is 6.92 Å². The second kappa shape index (κ2) is 13.3. The van der Waals surface area contributed by atoms with Gasteiger partial charge in [0.1, 0.15) is 0 Å². The van der Waals surface area contributed by atoms with E-state index in [2.05, 4.69) is 0 Å². The average Bonchev–Trinajstić information content (AvgIpc) is 2.51. The highest BCUT2D eigenvalue weighted by Crippen LogP contribution is 2.15. The monoisotopic (exact) mass is 352 g/mol. The topological polar surface area (TPSA) is 182 Å². The predicted octanol–water partition coefficient (Wildman–Crippen LogP) is -0.719. The smallest absolute Gasteiger partial charge is 0.334 e. The minimum absolute atomic E-state index is 0.00211. The van der Waals surface area contributed by atoms with Crippen molar-refractivity contribution in [3.63, 3.8) is 0 Å². The summed E-state index contributed by atoms with van der Waals surface area (Å²) in [6.07, 6.45) is 1.10. The van der Waals surface area contributed by atoms with Crippen LogP contribution in [0.1, 0.15) is 26.2 Å². The van der Waals surface area contributed by atoms with Crippen LogP contribution in [0.2, 0.25) is 0 Å². The van der Waals surface area contributed by atoms with E-state index in [9.17, 15) is 14.4 Å². The number of carbonyl (C=O) groups is 3. The van der Waals surface area contributed by atoms with E-state index in [4.69, 9.17) is 35.4 Å². The zero-order valence-corrected chi connectivity index (χ0v) is 13.3. The highest BCUT2D eigenvalue weighted by Gasteiger charge is 2.28. The number of carboxylic acid groups (broad SMARTS) is 3. The van der Waals surface area contributed by atoms with Gasteiger partial charge < -0.3 is 35.4 Å². The van der Waals surface area contributed by atoms with Gasteiger partial charge in [0.2, 0.25) is 0 Å². The summed E-state index contributed by atoms with van der Waals surface area (Å²) in [5.41, 5.74) is -1.15. The van der Waals surface area contributed by atoms with Gasteiger partial charge in [-0.25, -0.2) is 4.79 Å². The largest absolute Gasteiger partial charge is 0.500 e. The minimum Gasteiger partial charge on any atom is -0.500 e. The molecule has 0 heterocycles. The maximum atomic E-state index is 10.4. The van der Waals surface area contributed by atoms with Crippen LogP contribution < -0.4 is 0 Å². The summed E-state index contributed by atoms with van der Waals surface area (Å²) < 4.78 is 4.87. The first kappa shape index (κ1) is 24.1. The molecule has 0 amide bonds. The van der Waals surface area contributed by atoms with Crippen molar-refractivity contribution in [2.45, 2.75) is 26.2 Å². The number of aliphatic hydroxyl groups excluding tert-OH is 3. The van der Waals surface area contributed by atoms with Crippen LogP contribution in [0.4, 0.5) is 0 Å². The molecular weight excluding hydrogens is 328 g/mol. The van der Waals surface area contributed by atoms with Gasteiger partial charge in [-0.3, -0.25) is 9.59 Å². The number of aliphatic hydroxyl groups is 3. The summed E-state index contributed by atoms with van der Waals surface area (Å²) in [5, 5.41) is 51.3. The lowest BCUT2D eigenvalue weighted by molar-refractivity contribution is -0.138. The molecule has 0 unspecified atom stereocenters. The van der Waals surface area contributed by atoms with Crippen molar-refractivity contribution >= 4 is 17.9 Å². The molecule has 10 heteroatoms. The molecule has 24 heavy (non-hydrogen) atoms. The Labute approximate surface area is 138 Å². The molecule has 0 rings (SSSR count). The Kier molecular flexibility index (Phi) is 13.3. The highest BCUT2D eigenvalue weighted by atomic mass is 16.5. The normalized spacial score (nSPS) is 11.2. The molecule has 6 N–H and O–H groups in total. The molecule has 0 aliphatic rings. The third-order valence-electron chi connectivity index (χ3n) is 2.77. The van der Waals surface area contributed by atoms with Crippen LogP contribution in [0.3, 0.4) is 0 Å². The molecule has 0 saturated heterocycles. The summed E-state index contributed by atoms with van der Waals surface area (Å²) in [6, 6.07) is 0. The minimum atomic E-state index is -1.14. The van der Waals surface area contributed by atoms with Crippen molar-refractivity contribution in [2.75, 3.05) is 26.4 Å². The van der Waals surface area contributed by atoms with Crippen LogP contribution in [0, 0.1) is 5.41 Å². The first-order chi connectivity index (χ1) is 11.1. The lowest BCUT2D eigenvalue weighted by Crippen LogP contribution is -2.38. The summed E-state index contributed by atoms with van der Waals surface area (Å²) in [6.45, 7) is -0.137. The molecule has 0 aromatic heterocycles. The van der Waals surface area contributed by atoms with Crippen molar-refractivity contribution in [1.82, 2.24) is 0 Å². The van der Waals surface area contributed by atoms with Crippen molar-refractivity contribution in [1.29, 1.82) is 0 Å². The standard InChI is InChI=1S/C9H16O6.C5H8O4/c1-7(8(13)14)2-15-6-9(3-10,4-11)5-12;6-4(7)2-1-3-5(8)9/h2,10-12H,3-6H2,1H3,(H,13,14);1-3H2,(H,6,7)(H,8,9). The number of aliphatic carboxylic acids is 3. The Hall–Kier alpha value is -2.17. The van der Waals surface area contributed by atoms with Gasteiger partial charge >= 0.3 is 17.9 Å². The molecule has 0 aliphatic heterocycles. The van der Waals surface area contributed by atoms with Crippen LogP contribution in [0.25, 0.3) is 0 Å². The molecule has 0 atom stereocenters. The predicted molar refractivity (Wildman–Crippen MR) is 80.2 cm³/mol. The van der Waals surface area contributed by atoms with Crippen molar-refractivity contribution in [3.8, 4) is 0 Å². The molecule has 0 saturated carbocycles. The van der Waals surface area contributed by atoms with E-state index in [0.29, 0.717) is 0 Å². The first-order valence-corrected chi connectivity index (χ1v) is 6.92. The van der Waals surface area contributed by atoms with Gasteiger partial charge in [-0.05, 0) is 13.3 Å². The van der Waals surface area contributed by atoms with E-state index in [-0.39, 0.29) is 31.4 Å². The van der Waals surface area contributed by atoms with Crippen LogP contribution in [0.5, 0.6) is 0 Å². The van der Waals surface area contributed by atoms with E-state index < -0.39 is 43.1 Å². The Morgan fingerprint density at radius 3 is 1.62 bits per heavy atom.